The van der Waals surface area contributed by atoms with Crippen molar-refractivity contribution >= 4 is 21.9 Å². The lowest BCUT2D eigenvalue weighted by Crippen LogP contribution is -2.25. The number of rotatable bonds is 1. The first-order valence-electron chi connectivity index (χ1n) is 5.11. The van der Waals surface area contributed by atoms with Gasteiger partial charge in [0, 0.05) is 4.47 Å². The number of benzene rings is 1. The summed E-state index contributed by atoms with van der Waals surface area (Å²) >= 11 is 2.95. The molecule has 1 rings (SSSR count). The monoisotopic (exact) mass is 324 g/mol. The predicted molar refractivity (Wildman–Crippen MR) is 64.3 cm³/mol. The second-order valence-electron chi connectivity index (χ2n) is 4.69. The average Bonchev–Trinajstić information content (AvgIpc) is 2.13. The van der Waals surface area contributed by atoms with E-state index in [0.29, 0.717) is 0 Å². The quantitative estimate of drug-likeness (QED) is 0.714. The molecule has 0 unspecified atom stereocenters. The zero-order chi connectivity index (χ0) is 14.1. The number of alkyl halides is 3. The fraction of sp³-hybridized carbons (Fsp3) is 0.417. The van der Waals surface area contributed by atoms with Crippen molar-refractivity contribution in [3.05, 3.63) is 33.8 Å². The molecule has 0 bridgehead atoms. The van der Waals surface area contributed by atoms with Gasteiger partial charge in [-0.25, -0.2) is 4.79 Å². The van der Waals surface area contributed by atoms with Gasteiger partial charge in [-0.3, -0.25) is 0 Å². The summed E-state index contributed by atoms with van der Waals surface area (Å²) in [5.74, 6) is -0.984. The standard InChI is InChI=1S/C12H12BrF3O2/c1-11(2,3)18-10(17)8-5-4-7(13)6-9(8)12(14,15)16/h4-6H,1-3H3. The second kappa shape index (κ2) is 4.91. The highest BCUT2D eigenvalue weighted by atomic mass is 79.9. The van der Waals surface area contributed by atoms with Crippen LogP contribution in [0, 0.1) is 0 Å². The van der Waals surface area contributed by atoms with Crippen molar-refractivity contribution in [2.75, 3.05) is 0 Å². The summed E-state index contributed by atoms with van der Waals surface area (Å²) in [6, 6.07) is 3.33. The van der Waals surface area contributed by atoms with Crippen LogP contribution in [0.4, 0.5) is 13.2 Å². The zero-order valence-corrected chi connectivity index (χ0v) is 11.6. The van der Waals surface area contributed by atoms with Crippen molar-refractivity contribution in [3.63, 3.8) is 0 Å². The minimum absolute atomic E-state index is 0.252. The van der Waals surface area contributed by atoms with Crippen LogP contribution >= 0.6 is 15.9 Å². The maximum absolute atomic E-state index is 12.8. The molecule has 1 aromatic carbocycles. The molecule has 6 heteroatoms. The van der Waals surface area contributed by atoms with E-state index in [4.69, 9.17) is 4.74 Å². The molecule has 0 aliphatic rings. The molecule has 0 aromatic heterocycles. The van der Waals surface area contributed by atoms with Crippen molar-refractivity contribution in [1.82, 2.24) is 0 Å². The van der Waals surface area contributed by atoms with Crippen LogP contribution in [-0.2, 0) is 10.9 Å². The van der Waals surface area contributed by atoms with E-state index in [-0.39, 0.29) is 4.47 Å². The Morgan fingerprint density at radius 2 is 1.78 bits per heavy atom. The highest BCUT2D eigenvalue weighted by Crippen LogP contribution is 2.34. The first kappa shape index (κ1) is 15.0. The second-order valence-corrected chi connectivity index (χ2v) is 5.61. The van der Waals surface area contributed by atoms with E-state index in [1.807, 2.05) is 0 Å². The Kier molecular flexibility index (Phi) is 4.10. The lowest BCUT2D eigenvalue weighted by atomic mass is 10.1. The number of carbonyl (C=O) groups is 1. The van der Waals surface area contributed by atoms with E-state index in [1.54, 1.807) is 20.8 Å². The molecule has 0 saturated carbocycles. The fourth-order valence-electron chi connectivity index (χ4n) is 1.26. The van der Waals surface area contributed by atoms with Crippen molar-refractivity contribution in [3.8, 4) is 0 Å². The van der Waals surface area contributed by atoms with Crippen molar-refractivity contribution in [2.24, 2.45) is 0 Å². The van der Waals surface area contributed by atoms with E-state index in [1.165, 1.54) is 6.07 Å². The smallest absolute Gasteiger partial charge is 0.417 e. The van der Waals surface area contributed by atoms with Crippen LogP contribution in [0.15, 0.2) is 22.7 Å². The SMILES string of the molecule is CC(C)(C)OC(=O)c1ccc(Br)cc1C(F)(F)F. The number of hydrogen-bond acceptors (Lipinski definition) is 2. The minimum Gasteiger partial charge on any atom is -0.456 e. The third-order valence-electron chi connectivity index (χ3n) is 1.91. The number of carbonyl (C=O) groups excluding carboxylic acids is 1. The lowest BCUT2D eigenvalue weighted by molar-refractivity contribution is -0.138. The third kappa shape index (κ3) is 4.01. The van der Waals surface area contributed by atoms with Gasteiger partial charge < -0.3 is 4.74 Å². The van der Waals surface area contributed by atoms with Gasteiger partial charge in [0.15, 0.2) is 0 Å². The molecule has 18 heavy (non-hydrogen) atoms. The van der Waals surface area contributed by atoms with E-state index in [2.05, 4.69) is 15.9 Å². The van der Waals surface area contributed by atoms with Crippen LogP contribution in [0.3, 0.4) is 0 Å². The summed E-state index contributed by atoms with van der Waals surface area (Å²) in [4.78, 5) is 11.7. The largest absolute Gasteiger partial charge is 0.456 e. The molecule has 2 nitrogen and oxygen atoms in total. The number of ether oxygens (including phenoxy) is 1. The Labute approximate surface area is 111 Å². The van der Waals surface area contributed by atoms with Crippen LogP contribution in [-0.4, -0.2) is 11.6 Å². The number of halogens is 4. The van der Waals surface area contributed by atoms with E-state index < -0.39 is 28.9 Å². The van der Waals surface area contributed by atoms with Gasteiger partial charge in [0.05, 0.1) is 11.1 Å². The maximum Gasteiger partial charge on any atom is 0.417 e. The van der Waals surface area contributed by atoms with Gasteiger partial charge in [-0.05, 0) is 39.0 Å². The van der Waals surface area contributed by atoms with Crippen LogP contribution < -0.4 is 0 Å². The van der Waals surface area contributed by atoms with E-state index >= 15 is 0 Å². The van der Waals surface area contributed by atoms with Crippen LogP contribution in [0.2, 0.25) is 0 Å². The highest BCUT2D eigenvalue weighted by molar-refractivity contribution is 9.10. The van der Waals surface area contributed by atoms with Gasteiger partial charge in [-0.15, -0.1) is 0 Å². The molecular formula is C12H12BrF3O2. The molecule has 0 radical (unpaired) electrons. The van der Waals surface area contributed by atoms with Gasteiger partial charge in [0.2, 0.25) is 0 Å². The summed E-state index contributed by atoms with van der Waals surface area (Å²) in [6.07, 6.45) is -4.60. The lowest BCUT2D eigenvalue weighted by Gasteiger charge is -2.21. The Morgan fingerprint density at radius 1 is 1.22 bits per heavy atom. The molecule has 0 fully saturated rings. The normalized spacial score (nSPS) is 12.4. The molecular weight excluding hydrogens is 313 g/mol. The average molecular weight is 325 g/mol. The topological polar surface area (TPSA) is 26.3 Å². The Hall–Kier alpha value is -1.04. The molecule has 0 aliphatic carbocycles. The van der Waals surface area contributed by atoms with Gasteiger partial charge in [-0.1, -0.05) is 15.9 Å². The maximum atomic E-state index is 12.8. The number of esters is 1. The van der Waals surface area contributed by atoms with Gasteiger partial charge in [-0.2, -0.15) is 13.2 Å². The predicted octanol–water partition coefficient (Wildman–Crippen LogP) is 4.42. The van der Waals surface area contributed by atoms with Crippen LogP contribution in [0.1, 0.15) is 36.7 Å². The molecule has 0 atom stereocenters. The van der Waals surface area contributed by atoms with Crippen molar-refractivity contribution in [1.29, 1.82) is 0 Å². The first-order valence-corrected chi connectivity index (χ1v) is 5.90. The summed E-state index contributed by atoms with van der Waals surface area (Å²) < 4.78 is 43.6. The summed E-state index contributed by atoms with van der Waals surface area (Å²) in [5, 5.41) is 0. The van der Waals surface area contributed by atoms with Gasteiger partial charge in [0.25, 0.3) is 0 Å². The summed E-state index contributed by atoms with van der Waals surface area (Å²) in [6.45, 7) is 4.78. The zero-order valence-electron chi connectivity index (χ0n) is 10.1. The van der Waals surface area contributed by atoms with Crippen LogP contribution in [0.5, 0.6) is 0 Å². The van der Waals surface area contributed by atoms with Gasteiger partial charge >= 0.3 is 12.1 Å². The van der Waals surface area contributed by atoms with Crippen molar-refractivity contribution in [2.45, 2.75) is 32.5 Å². The molecule has 0 heterocycles. The molecule has 100 valence electrons. The summed E-state index contributed by atoms with van der Waals surface area (Å²) in [5.41, 5.74) is -2.33. The summed E-state index contributed by atoms with van der Waals surface area (Å²) in [7, 11) is 0. The third-order valence-corrected chi connectivity index (χ3v) is 2.40. The van der Waals surface area contributed by atoms with Crippen molar-refractivity contribution < 1.29 is 22.7 Å². The minimum atomic E-state index is -4.60. The Bertz CT molecular complexity index is 461. The molecule has 0 N–H and O–H groups in total. The highest BCUT2D eigenvalue weighted by Gasteiger charge is 2.36. The van der Waals surface area contributed by atoms with Crippen LogP contribution in [0.25, 0.3) is 0 Å². The molecule has 0 saturated heterocycles. The van der Waals surface area contributed by atoms with Gasteiger partial charge in [0.1, 0.15) is 5.60 Å². The molecule has 0 spiro atoms. The molecule has 0 amide bonds. The first-order chi connectivity index (χ1) is 8.00. The molecule has 0 aliphatic heterocycles. The van der Waals surface area contributed by atoms with E-state index in [9.17, 15) is 18.0 Å². The number of hydrogen-bond donors (Lipinski definition) is 0. The Balaban J connectivity index is 3.21. The fourth-order valence-corrected chi connectivity index (χ4v) is 1.62. The Morgan fingerprint density at radius 3 is 2.22 bits per heavy atom. The van der Waals surface area contributed by atoms with E-state index in [0.717, 1.165) is 12.1 Å². The molecule has 1 aromatic rings.